The van der Waals surface area contributed by atoms with Crippen molar-refractivity contribution >= 4 is 0 Å². The second kappa shape index (κ2) is 8.38. The van der Waals surface area contributed by atoms with Crippen molar-refractivity contribution in [2.24, 2.45) is 29.6 Å². The molecule has 118 valence electrons. The molecule has 2 aliphatic rings. The Kier molecular flexibility index (Phi) is 6.83. The van der Waals surface area contributed by atoms with Crippen molar-refractivity contribution in [1.29, 1.82) is 0 Å². The van der Waals surface area contributed by atoms with Crippen LogP contribution >= 0.6 is 0 Å². The Balaban J connectivity index is 1.88. The monoisotopic (exact) mass is 281 g/mol. The molecule has 2 rings (SSSR count). The normalized spacial score (nSPS) is 35.4. The van der Waals surface area contributed by atoms with Crippen molar-refractivity contribution < 1.29 is 4.74 Å². The smallest absolute Gasteiger partial charge is 0.0497 e. The van der Waals surface area contributed by atoms with Crippen LogP contribution in [0, 0.1) is 29.6 Å². The van der Waals surface area contributed by atoms with Crippen LogP contribution in [0.4, 0.5) is 0 Å². The number of hydrogen-bond donors (Lipinski definition) is 1. The molecule has 1 N–H and O–H groups in total. The van der Waals surface area contributed by atoms with E-state index >= 15 is 0 Å². The Hall–Kier alpha value is -0.0800. The molecule has 1 aliphatic heterocycles. The van der Waals surface area contributed by atoms with Gasteiger partial charge >= 0.3 is 0 Å². The Morgan fingerprint density at radius 1 is 1.20 bits per heavy atom. The van der Waals surface area contributed by atoms with Crippen molar-refractivity contribution in [3.05, 3.63) is 0 Å². The first-order valence-electron chi connectivity index (χ1n) is 8.99. The van der Waals surface area contributed by atoms with Crippen LogP contribution in [0.15, 0.2) is 0 Å². The highest BCUT2D eigenvalue weighted by atomic mass is 16.5. The third-order valence-corrected chi connectivity index (χ3v) is 5.49. The van der Waals surface area contributed by atoms with E-state index in [1.54, 1.807) is 0 Å². The summed E-state index contributed by atoms with van der Waals surface area (Å²) in [4.78, 5) is 0. The highest BCUT2D eigenvalue weighted by Crippen LogP contribution is 2.41. The van der Waals surface area contributed by atoms with Gasteiger partial charge in [-0.3, -0.25) is 0 Å². The molecule has 0 spiro atoms. The molecule has 4 atom stereocenters. The maximum Gasteiger partial charge on any atom is 0.0497 e. The van der Waals surface area contributed by atoms with E-state index in [1.807, 2.05) is 0 Å². The summed E-state index contributed by atoms with van der Waals surface area (Å²) in [5.41, 5.74) is 0. The van der Waals surface area contributed by atoms with E-state index in [0.717, 1.165) is 42.8 Å². The molecule has 0 amide bonds. The van der Waals surface area contributed by atoms with Gasteiger partial charge in [-0.2, -0.15) is 0 Å². The maximum absolute atomic E-state index is 5.77. The minimum atomic E-state index is 0.762. The van der Waals surface area contributed by atoms with Crippen molar-refractivity contribution in [2.45, 2.75) is 59.3 Å². The third kappa shape index (κ3) is 4.73. The molecule has 1 saturated heterocycles. The molecule has 1 saturated carbocycles. The maximum atomic E-state index is 5.77. The summed E-state index contributed by atoms with van der Waals surface area (Å²) in [6.45, 7) is 11.4. The highest BCUT2D eigenvalue weighted by Gasteiger charge is 2.35. The van der Waals surface area contributed by atoms with Crippen LogP contribution in [-0.2, 0) is 4.74 Å². The molecule has 0 aromatic rings. The Morgan fingerprint density at radius 3 is 2.70 bits per heavy atom. The van der Waals surface area contributed by atoms with Gasteiger partial charge in [0.1, 0.15) is 0 Å². The molecular weight excluding hydrogens is 246 g/mol. The minimum Gasteiger partial charge on any atom is -0.381 e. The Labute approximate surface area is 126 Å². The van der Waals surface area contributed by atoms with E-state index in [-0.39, 0.29) is 0 Å². The zero-order valence-corrected chi connectivity index (χ0v) is 13.9. The molecule has 1 aliphatic carbocycles. The van der Waals surface area contributed by atoms with Gasteiger partial charge in [0.25, 0.3) is 0 Å². The second-order valence-electron chi connectivity index (χ2n) is 7.54. The fraction of sp³-hybridized carbons (Fsp3) is 1.00. The molecule has 2 nitrogen and oxygen atoms in total. The molecular formula is C18H35NO. The van der Waals surface area contributed by atoms with Crippen molar-refractivity contribution in [3.63, 3.8) is 0 Å². The fourth-order valence-electron chi connectivity index (χ4n) is 4.22. The van der Waals surface area contributed by atoms with Crippen LogP contribution in [0.2, 0.25) is 0 Å². The van der Waals surface area contributed by atoms with E-state index in [9.17, 15) is 0 Å². The molecule has 2 fully saturated rings. The lowest BCUT2D eigenvalue weighted by Crippen LogP contribution is -2.40. The summed E-state index contributed by atoms with van der Waals surface area (Å²) in [7, 11) is 0. The number of nitrogens with one attached hydrogen (secondary N) is 1. The van der Waals surface area contributed by atoms with Gasteiger partial charge in [-0.15, -0.1) is 0 Å². The molecule has 2 heteroatoms. The summed E-state index contributed by atoms with van der Waals surface area (Å²) >= 11 is 0. The second-order valence-corrected chi connectivity index (χ2v) is 7.54. The lowest BCUT2D eigenvalue weighted by molar-refractivity contribution is -0.00319. The highest BCUT2D eigenvalue weighted by molar-refractivity contribution is 4.86. The number of hydrogen-bond acceptors (Lipinski definition) is 2. The molecule has 20 heavy (non-hydrogen) atoms. The van der Waals surface area contributed by atoms with Crippen LogP contribution in [0.3, 0.4) is 0 Å². The van der Waals surface area contributed by atoms with Gasteiger partial charge in [0.2, 0.25) is 0 Å². The largest absolute Gasteiger partial charge is 0.381 e. The molecule has 0 bridgehead atoms. The zero-order chi connectivity index (χ0) is 14.4. The van der Waals surface area contributed by atoms with Gasteiger partial charge in [0.05, 0.1) is 0 Å². The third-order valence-electron chi connectivity index (χ3n) is 5.49. The average molecular weight is 281 g/mol. The van der Waals surface area contributed by atoms with Crippen LogP contribution in [0.25, 0.3) is 0 Å². The molecule has 0 aromatic carbocycles. The molecule has 0 radical (unpaired) electrons. The first-order chi connectivity index (χ1) is 9.70. The number of ether oxygens (including phenoxy) is 1. The van der Waals surface area contributed by atoms with Gasteiger partial charge in [-0.1, -0.05) is 33.6 Å². The Morgan fingerprint density at radius 2 is 2.05 bits per heavy atom. The summed E-state index contributed by atoms with van der Waals surface area (Å²) in [5, 5.41) is 3.72. The van der Waals surface area contributed by atoms with E-state index in [1.165, 1.54) is 51.6 Å². The fourth-order valence-corrected chi connectivity index (χ4v) is 4.22. The van der Waals surface area contributed by atoms with E-state index < -0.39 is 0 Å². The van der Waals surface area contributed by atoms with Crippen molar-refractivity contribution in [1.82, 2.24) is 5.32 Å². The quantitative estimate of drug-likeness (QED) is 0.791. The summed E-state index contributed by atoms with van der Waals surface area (Å²) < 4.78 is 5.77. The number of rotatable bonds is 6. The predicted molar refractivity (Wildman–Crippen MR) is 85.9 cm³/mol. The van der Waals surface area contributed by atoms with Crippen LogP contribution in [0.5, 0.6) is 0 Å². The lowest BCUT2D eigenvalue weighted by atomic mass is 9.67. The summed E-state index contributed by atoms with van der Waals surface area (Å²) in [6, 6.07) is 0. The van der Waals surface area contributed by atoms with Crippen LogP contribution < -0.4 is 5.32 Å². The van der Waals surface area contributed by atoms with Crippen LogP contribution in [-0.4, -0.2) is 26.3 Å². The van der Waals surface area contributed by atoms with Gasteiger partial charge in [0, 0.05) is 13.2 Å². The lowest BCUT2D eigenvalue weighted by Gasteiger charge is -2.42. The van der Waals surface area contributed by atoms with E-state index in [2.05, 4.69) is 26.1 Å². The molecule has 0 aromatic heterocycles. The van der Waals surface area contributed by atoms with Crippen molar-refractivity contribution in [3.8, 4) is 0 Å². The first kappa shape index (κ1) is 16.3. The van der Waals surface area contributed by atoms with E-state index in [0.29, 0.717) is 0 Å². The topological polar surface area (TPSA) is 21.3 Å². The SMILES string of the molecule is CCC1CCC(CNCC(C)C)C(C2CCCOC2)C1. The van der Waals surface area contributed by atoms with Gasteiger partial charge in [-0.25, -0.2) is 0 Å². The average Bonchev–Trinajstić information content (AvgIpc) is 2.48. The first-order valence-corrected chi connectivity index (χ1v) is 8.99. The van der Waals surface area contributed by atoms with Crippen LogP contribution in [0.1, 0.15) is 59.3 Å². The summed E-state index contributed by atoms with van der Waals surface area (Å²) in [5.74, 6) is 4.38. The Bertz CT molecular complexity index is 260. The van der Waals surface area contributed by atoms with Crippen molar-refractivity contribution in [2.75, 3.05) is 26.3 Å². The van der Waals surface area contributed by atoms with Gasteiger partial charge < -0.3 is 10.1 Å². The van der Waals surface area contributed by atoms with Gasteiger partial charge in [-0.05, 0) is 68.4 Å². The summed E-state index contributed by atoms with van der Waals surface area (Å²) in [6.07, 6.45) is 8.40. The standard InChI is InChI=1S/C18H35NO/c1-4-15-7-8-16(12-19-11-14(2)3)18(10-15)17-6-5-9-20-13-17/h14-19H,4-13H2,1-3H3. The zero-order valence-electron chi connectivity index (χ0n) is 13.9. The predicted octanol–water partition coefficient (Wildman–Crippen LogP) is 4.10. The minimum absolute atomic E-state index is 0.762. The van der Waals surface area contributed by atoms with Gasteiger partial charge in [0.15, 0.2) is 0 Å². The van der Waals surface area contributed by atoms with E-state index in [4.69, 9.17) is 4.74 Å². The molecule has 1 heterocycles. The molecule has 4 unspecified atom stereocenters.